The van der Waals surface area contributed by atoms with Gasteiger partial charge in [-0.2, -0.15) is 0 Å². The molecule has 0 unspecified atom stereocenters. The van der Waals surface area contributed by atoms with Gasteiger partial charge in [-0.25, -0.2) is 23.3 Å². The van der Waals surface area contributed by atoms with Gasteiger partial charge in [0.2, 0.25) is 0 Å². The van der Waals surface area contributed by atoms with Crippen molar-refractivity contribution in [2.45, 2.75) is 12.8 Å². The fourth-order valence-corrected chi connectivity index (χ4v) is 3.41. The number of ketones is 1. The maximum atomic E-state index is 13.8. The van der Waals surface area contributed by atoms with E-state index in [-0.39, 0.29) is 47.9 Å². The number of benzene rings is 2. The van der Waals surface area contributed by atoms with Gasteiger partial charge in [0.05, 0.1) is 17.2 Å². The lowest BCUT2D eigenvalue weighted by Crippen LogP contribution is -2.51. The summed E-state index contributed by atoms with van der Waals surface area (Å²) in [5.74, 6) is -2.63. The Labute approximate surface area is 173 Å². The first-order valence-electron chi connectivity index (χ1n) is 9.04. The summed E-state index contributed by atoms with van der Waals surface area (Å²) < 4.78 is 32.2. The number of nitrogens with zero attached hydrogens (tertiary/aromatic N) is 3. The molecule has 0 saturated heterocycles. The van der Waals surface area contributed by atoms with Crippen LogP contribution in [0.1, 0.15) is 12.8 Å². The first kappa shape index (κ1) is 20.1. The maximum absolute atomic E-state index is 13.8. The summed E-state index contributed by atoms with van der Waals surface area (Å²) in [5.41, 5.74) is 0.258. The van der Waals surface area contributed by atoms with Crippen LogP contribution in [0.4, 0.5) is 29.7 Å². The molecular formula is C20H13F2N3O6. The molecule has 0 saturated carbocycles. The highest BCUT2D eigenvalue weighted by molar-refractivity contribution is 6.11. The summed E-state index contributed by atoms with van der Waals surface area (Å²) in [6.07, 6.45) is -0.800. The van der Waals surface area contributed by atoms with E-state index in [1.807, 2.05) is 0 Å². The van der Waals surface area contributed by atoms with Crippen LogP contribution in [0.15, 0.2) is 53.7 Å². The molecule has 4 rings (SSSR count). The standard InChI is InChI=1S/C20H13F2N3O6/c21-15-6-3-12(9-16(15)22)24-17-7-8-18(26)14(17)10-23(19(24)27)20(28)31-13-4-1-11(2-5-13)25(29)30/h1-6,9H,7-8,10H2. The molecule has 0 radical (unpaired) electrons. The van der Waals surface area contributed by atoms with E-state index in [9.17, 15) is 33.3 Å². The van der Waals surface area contributed by atoms with Crippen LogP contribution in [0.2, 0.25) is 0 Å². The molecule has 1 aliphatic heterocycles. The number of rotatable bonds is 3. The summed E-state index contributed by atoms with van der Waals surface area (Å²) >= 11 is 0. The molecule has 2 aromatic rings. The molecule has 0 atom stereocenters. The van der Waals surface area contributed by atoms with Gasteiger partial charge in [-0.1, -0.05) is 0 Å². The smallest absolute Gasteiger partial charge is 0.410 e. The Bertz CT molecular complexity index is 1160. The minimum absolute atomic E-state index is 0.0427. The van der Waals surface area contributed by atoms with Crippen LogP contribution in [-0.4, -0.2) is 34.3 Å². The Morgan fingerprint density at radius 2 is 1.74 bits per heavy atom. The Morgan fingerprint density at radius 1 is 1.03 bits per heavy atom. The van der Waals surface area contributed by atoms with Gasteiger partial charge in [-0.3, -0.25) is 19.8 Å². The lowest BCUT2D eigenvalue weighted by Gasteiger charge is -2.34. The topological polar surface area (TPSA) is 110 Å². The number of amides is 3. The summed E-state index contributed by atoms with van der Waals surface area (Å²) in [5, 5.41) is 10.7. The van der Waals surface area contributed by atoms with Crippen molar-refractivity contribution in [1.82, 2.24) is 4.90 Å². The number of halogens is 2. The molecule has 158 valence electrons. The van der Waals surface area contributed by atoms with E-state index < -0.39 is 28.7 Å². The highest BCUT2D eigenvalue weighted by atomic mass is 19.2. The summed E-state index contributed by atoms with van der Waals surface area (Å²) in [6.45, 7) is -0.334. The lowest BCUT2D eigenvalue weighted by atomic mass is 10.1. The lowest BCUT2D eigenvalue weighted by molar-refractivity contribution is -0.384. The van der Waals surface area contributed by atoms with Crippen LogP contribution in [0.5, 0.6) is 5.75 Å². The second-order valence-electron chi connectivity index (χ2n) is 6.77. The van der Waals surface area contributed by atoms with Crippen molar-refractivity contribution in [3.8, 4) is 5.75 Å². The number of carbonyl (C=O) groups is 3. The van der Waals surface area contributed by atoms with Crippen LogP contribution in [-0.2, 0) is 4.79 Å². The van der Waals surface area contributed by atoms with Crippen LogP contribution >= 0.6 is 0 Å². The number of imide groups is 1. The Morgan fingerprint density at radius 3 is 2.39 bits per heavy atom. The van der Waals surface area contributed by atoms with E-state index >= 15 is 0 Å². The van der Waals surface area contributed by atoms with E-state index in [0.717, 1.165) is 35.2 Å². The minimum atomic E-state index is -1.19. The van der Waals surface area contributed by atoms with Gasteiger partial charge in [0.15, 0.2) is 17.4 Å². The molecule has 2 aliphatic rings. The predicted octanol–water partition coefficient (Wildman–Crippen LogP) is 3.93. The average Bonchev–Trinajstić information content (AvgIpc) is 3.10. The number of anilines is 1. The molecule has 31 heavy (non-hydrogen) atoms. The van der Waals surface area contributed by atoms with Gasteiger partial charge < -0.3 is 4.74 Å². The molecule has 2 aromatic carbocycles. The normalized spacial score (nSPS) is 15.9. The fourth-order valence-electron chi connectivity index (χ4n) is 3.41. The highest BCUT2D eigenvalue weighted by Gasteiger charge is 2.42. The van der Waals surface area contributed by atoms with Gasteiger partial charge in [0.1, 0.15) is 5.75 Å². The monoisotopic (exact) mass is 429 g/mol. The molecule has 0 N–H and O–H groups in total. The van der Waals surface area contributed by atoms with E-state index in [4.69, 9.17) is 4.74 Å². The molecule has 11 heteroatoms. The van der Waals surface area contributed by atoms with Crippen molar-refractivity contribution in [2.75, 3.05) is 11.4 Å². The molecule has 1 heterocycles. The van der Waals surface area contributed by atoms with E-state index in [1.54, 1.807) is 0 Å². The minimum Gasteiger partial charge on any atom is -0.410 e. The number of allylic oxidation sites excluding steroid dienone is 1. The number of nitro groups is 1. The number of hydrogen-bond donors (Lipinski definition) is 0. The van der Waals surface area contributed by atoms with E-state index in [2.05, 4.69) is 0 Å². The predicted molar refractivity (Wildman–Crippen MR) is 101 cm³/mol. The van der Waals surface area contributed by atoms with Crippen LogP contribution in [0.3, 0.4) is 0 Å². The largest absolute Gasteiger partial charge is 0.423 e. The third-order valence-electron chi connectivity index (χ3n) is 4.92. The second-order valence-corrected chi connectivity index (χ2v) is 6.77. The third kappa shape index (κ3) is 3.61. The van der Waals surface area contributed by atoms with Gasteiger partial charge in [-0.15, -0.1) is 0 Å². The molecular weight excluding hydrogens is 416 g/mol. The molecule has 0 bridgehead atoms. The van der Waals surface area contributed by atoms with Crippen molar-refractivity contribution in [3.63, 3.8) is 0 Å². The van der Waals surface area contributed by atoms with Crippen LogP contribution in [0, 0.1) is 21.7 Å². The molecule has 0 aromatic heterocycles. The Hall–Kier alpha value is -4.15. The van der Waals surface area contributed by atoms with Crippen molar-refractivity contribution >= 4 is 29.3 Å². The first-order valence-corrected chi connectivity index (χ1v) is 9.04. The third-order valence-corrected chi connectivity index (χ3v) is 4.92. The zero-order valence-electron chi connectivity index (χ0n) is 15.7. The molecule has 0 spiro atoms. The van der Waals surface area contributed by atoms with Gasteiger partial charge in [0.25, 0.3) is 5.69 Å². The average molecular weight is 429 g/mol. The zero-order chi connectivity index (χ0) is 22.3. The van der Waals surface area contributed by atoms with E-state index in [0.29, 0.717) is 10.6 Å². The zero-order valence-corrected chi connectivity index (χ0v) is 15.7. The number of ether oxygens (including phenoxy) is 1. The number of carbonyl (C=O) groups excluding carboxylic acids is 3. The molecule has 0 fully saturated rings. The summed E-state index contributed by atoms with van der Waals surface area (Å²) in [6, 6.07) is 6.51. The van der Waals surface area contributed by atoms with Crippen molar-refractivity contribution < 1.29 is 32.8 Å². The van der Waals surface area contributed by atoms with Crippen molar-refractivity contribution in [3.05, 3.63) is 75.5 Å². The van der Waals surface area contributed by atoms with Crippen LogP contribution in [0.25, 0.3) is 0 Å². The highest BCUT2D eigenvalue weighted by Crippen LogP contribution is 2.36. The molecule has 9 nitrogen and oxygen atoms in total. The second kappa shape index (κ2) is 7.59. The SMILES string of the molecule is O=C1CCC2=C1CN(C(=O)Oc1ccc([N+](=O)[O-])cc1)C(=O)N2c1ccc(F)c(F)c1. The fraction of sp³-hybridized carbons (Fsp3) is 0.150. The van der Waals surface area contributed by atoms with Crippen molar-refractivity contribution in [1.29, 1.82) is 0 Å². The Kier molecular flexibility index (Phi) is 4.93. The quantitative estimate of drug-likeness (QED) is 0.540. The summed E-state index contributed by atoms with van der Waals surface area (Å²) in [4.78, 5) is 49.7. The Balaban J connectivity index is 1.65. The van der Waals surface area contributed by atoms with Gasteiger partial charge in [0, 0.05) is 35.9 Å². The maximum Gasteiger partial charge on any atom is 0.423 e. The van der Waals surface area contributed by atoms with E-state index in [1.165, 1.54) is 12.1 Å². The van der Waals surface area contributed by atoms with Crippen molar-refractivity contribution in [2.24, 2.45) is 0 Å². The number of non-ortho nitro benzene ring substituents is 1. The number of urea groups is 1. The van der Waals surface area contributed by atoms with Crippen LogP contribution < -0.4 is 9.64 Å². The first-order chi connectivity index (χ1) is 14.8. The van der Waals surface area contributed by atoms with Gasteiger partial charge in [-0.05, 0) is 30.7 Å². The number of nitro benzene ring substituents is 1. The number of hydrogen-bond acceptors (Lipinski definition) is 6. The molecule has 3 amide bonds. The van der Waals surface area contributed by atoms with Gasteiger partial charge >= 0.3 is 12.1 Å². The number of Topliss-reactive ketones (excluding diaryl/α,β-unsaturated/α-hetero) is 1. The summed E-state index contributed by atoms with van der Waals surface area (Å²) in [7, 11) is 0. The molecule has 1 aliphatic carbocycles.